The first-order valence-electron chi connectivity index (χ1n) is 5.16. The van der Waals surface area contributed by atoms with Gasteiger partial charge in [0.15, 0.2) is 10.7 Å². The average Bonchev–Trinajstić information content (AvgIpc) is 2.40. The number of benzene rings is 2. The van der Waals surface area contributed by atoms with Crippen LogP contribution in [0.5, 0.6) is 11.5 Å². The molecule has 0 aromatic heterocycles. The van der Waals surface area contributed by atoms with Gasteiger partial charge >= 0.3 is 0 Å². The zero-order valence-electron chi connectivity index (χ0n) is 9.28. The number of rotatable bonds is 4. The minimum absolute atomic E-state index is 0.244. The predicted molar refractivity (Wildman–Crippen MR) is 66.9 cm³/mol. The second-order valence-corrected chi connectivity index (χ2v) is 4.57. The normalized spacial score (nSPS) is 10.3. The number of aldehydes is 1. The van der Waals surface area contributed by atoms with E-state index in [-0.39, 0.29) is 4.90 Å². The molecule has 0 aliphatic heterocycles. The molecule has 2 aromatic rings. The van der Waals surface area contributed by atoms with Crippen LogP contribution >= 0.6 is 0 Å². The first-order valence-corrected chi connectivity index (χ1v) is 6.34. The summed E-state index contributed by atoms with van der Waals surface area (Å²) in [6, 6.07) is 12.7. The average molecular weight is 262 g/mol. The molecule has 4 nitrogen and oxygen atoms in total. The van der Waals surface area contributed by atoms with E-state index in [2.05, 4.69) is 0 Å². The van der Waals surface area contributed by atoms with E-state index >= 15 is 0 Å². The summed E-state index contributed by atoms with van der Waals surface area (Å²) < 4.78 is 26.9. The second kappa shape index (κ2) is 5.46. The SMILES string of the molecule is O=Cc1ccc(Oc2ccc([SH](=O)=O)cc2)cc1. The quantitative estimate of drug-likeness (QED) is 0.678. The molecule has 0 saturated heterocycles. The number of ether oxygens (including phenoxy) is 1. The van der Waals surface area contributed by atoms with Gasteiger partial charge in [-0.25, -0.2) is 8.42 Å². The molecule has 0 N–H and O–H groups in total. The van der Waals surface area contributed by atoms with Gasteiger partial charge in [0.2, 0.25) is 0 Å². The van der Waals surface area contributed by atoms with Crippen molar-refractivity contribution >= 4 is 17.0 Å². The Hall–Kier alpha value is -2.14. The van der Waals surface area contributed by atoms with Gasteiger partial charge in [0.05, 0.1) is 4.90 Å². The molecule has 0 amide bonds. The summed E-state index contributed by atoms with van der Waals surface area (Å²) in [4.78, 5) is 10.7. The Morgan fingerprint density at radius 3 is 1.78 bits per heavy atom. The molecule has 0 aliphatic rings. The monoisotopic (exact) mass is 262 g/mol. The standard InChI is InChI=1S/C13H10O4S/c14-9-10-1-3-11(4-2-10)17-12-5-7-13(8-6-12)18(15)16/h1-9,18H. The van der Waals surface area contributed by atoms with Crippen LogP contribution in [0, 0.1) is 0 Å². The van der Waals surface area contributed by atoms with Crippen molar-refractivity contribution in [2.24, 2.45) is 0 Å². The van der Waals surface area contributed by atoms with E-state index in [1.807, 2.05) is 0 Å². The zero-order valence-corrected chi connectivity index (χ0v) is 10.2. The fraction of sp³-hybridized carbons (Fsp3) is 0. The Morgan fingerprint density at radius 1 is 0.833 bits per heavy atom. The van der Waals surface area contributed by atoms with Crippen LogP contribution in [0.4, 0.5) is 0 Å². The maximum atomic E-state index is 10.7. The number of hydrogen-bond donors (Lipinski definition) is 1. The molecule has 2 rings (SSSR count). The molecule has 92 valence electrons. The van der Waals surface area contributed by atoms with Gasteiger partial charge in [-0.3, -0.25) is 4.79 Å². The van der Waals surface area contributed by atoms with Gasteiger partial charge in [0.25, 0.3) is 0 Å². The molecule has 2 aromatic carbocycles. The summed E-state index contributed by atoms with van der Waals surface area (Å²) in [6.45, 7) is 0. The van der Waals surface area contributed by atoms with Crippen LogP contribution < -0.4 is 4.74 Å². The van der Waals surface area contributed by atoms with E-state index in [4.69, 9.17) is 4.74 Å². The van der Waals surface area contributed by atoms with Crippen molar-refractivity contribution in [2.45, 2.75) is 4.90 Å². The molecule has 0 unspecified atom stereocenters. The van der Waals surface area contributed by atoms with Crippen molar-refractivity contribution in [1.29, 1.82) is 0 Å². The van der Waals surface area contributed by atoms with Crippen molar-refractivity contribution in [1.82, 2.24) is 0 Å². The summed E-state index contributed by atoms with van der Waals surface area (Å²) in [5.41, 5.74) is 0.570. The topological polar surface area (TPSA) is 60.4 Å². The van der Waals surface area contributed by atoms with E-state index in [1.54, 1.807) is 36.4 Å². The molecule has 0 aliphatic carbocycles. The van der Waals surface area contributed by atoms with Gasteiger partial charge in [-0.15, -0.1) is 0 Å². The smallest absolute Gasteiger partial charge is 0.168 e. The highest BCUT2D eigenvalue weighted by atomic mass is 32.2. The fourth-order valence-electron chi connectivity index (χ4n) is 1.39. The maximum Gasteiger partial charge on any atom is 0.168 e. The molecule has 0 saturated carbocycles. The van der Waals surface area contributed by atoms with Crippen molar-refractivity contribution in [3.8, 4) is 11.5 Å². The first-order chi connectivity index (χ1) is 8.69. The van der Waals surface area contributed by atoms with E-state index < -0.39 is 10.7 Å². The molecule has 0 spiro atoms. The lowest BCUT2D eigenvalue weighted by Gasteiger charge is -2.05. The molecule has 0 radical (unpaired) electrons. The third kappa shape index (κ3) is 2.95. The second-order valence-electron chi connectivity index (χ2n) is 3.54. The van der Waals surface area contributed by atoms with Gasteiger partial charge < -0.3 is 4.74 Å². The van der Waals surface area contributed by atoms with Gasteiger partial charge in [-0.2, -0.15) is 0 Å². The van der Waals surface area contributed by atoms with Crippen LogP contribution in [0.25, 0.3) is 0 Å². The fourth-order valence-corrected chi connectivity index (χ4v) is 1.78. The minimum atomic E-state index is -2.57. The lowest BCUT2D eigenvalue weighted by molar-refractivity contribution is 0.112. The predicted octanol–water partition coefficient (Wildman–Crippen LogP) is 2.26. The largest absolute Gasteiger partial charge is 0.457 e. The van der Waals surface area contributed by atoms with Crippen LogP contribution in [0.15, 0.2) is 53.4 Å². The highest BCUT2D eigenvalue weighted by Gasteiger charge is 1.99. The van der Waals surface area contributed by atoms with Crippen LogP contribution in [-0.4, -0.2) is 14.7 Å². The van der Waals surface area contributed by atoms with Crippen molar-refractivity contribution in [3.63, 3.8) is 0 Å². The van der Waals surface area contributed by atoms with Crippen LogP contribution in [0.3, 0.4) is 0 Å². The maximum absolute atomic E-state index is 10.7. The van der Waals surface area contributed by atoms with E-state index in [9.17, 15) is 13.2 Å². The summed E-state index contributed by atoms with van der Waals surface area (Å²) in [5, 5.41) is 0. The van der Waals surface area contributed by atoms with Gasteiger partial charge in [-0.1, -0.05) is 0 Å². The van der Waals surface area contributed by atoms with Gasteiger partial charge in [0.1, 0.15) is 17.8 Å². The van der Waals surface area contributed by atoms with Crippen LogP contribution in [-0.2, 0) is 10.7 Å². The van der Waals surface area contributed by atoms with Crippen LogP contribution in [0.2, 0.25) is 0 Å². The summed E-state index contributed by atoms with van der Waals surface area (Å²) in [5.74, 6) is 1.12. The number of thiol groups is 1. The summed E-state index contributed by atoms with van der Waals surface area (Å²) in [6.07, 6.45) is 0.753. The third-order valence-corrected chi connectivity index (χ3v) is 3.02. The van der Waals surface area contributed by atoms with E-state index in [0.717, 1.165) is 6.29 Å². The summed E-state index contributed by atoms with van der Waals surface area (Å²) >= 11 is 0. The number of carbonyl (C=O) groups excluding carboxylic acids is 1. The lowest BCUT2D eigenvalue weighted by Crippen LogP contribution is -1.86. The van der Waals surface area contributed by atoms with Crippen molar-refractivity contribution < 1.29 is 17.9 Å². The van der Waals surface area contributed by atoms with Gasteiger partial charge in [0, 0.05) is 5.56 Å². The molecule has 0 bridgehead atoms. The Morgan fingerprint density at radius 2 is 1.33 bits per heavy atom. The van der Waals surface area contributed by atoms with Crippen LogP contribution in [0.1, 0.15) is 10.4 Å². The third-order valence-electron chi connectivity index (χ3n) is 2.30. The molecule has 5 heteroatoms. The minimum Gasteiger partial charge on any atom is -0.457 e. The van der Waals surface area contributed by atoms with Crippen molar-refractivity contribution in [3.05, 3.63) is 54.1 Å². The Balaban J connectivity index is 2.15. The molecule has 0 fully saturated rings. The lowest BCUT2D eigenvalue weighted by atomic mass is 10.2. The Labute approximate surface area is 106 Å². The molecule has 0 atom stereocenters. The number of carbonyl (C=O) groups is 1. The molecular weight excluding hydrogens is 252 g/mol. The van der Waals surface area contributed by atoms with E-state index in [1.165, 1.54) is 12.1 Å². The summed E-state index contributed by atoms with van der Waals surface area (Å²) in [7, 11) is -2.57. The number of hydrogen-bond acceptors (Lipinski definition) is 4. The molecular formula is C13H10O4S. The highest BCUT2D eigenvalue weighted by molar-refractivity contribution is 7.72. The van der Waals surface area contributed by atoms with Crippen molar-refractivity contribution in [2.75, 3.05) is 0 Å². The first kappa shape index (κ1) is 12.3. The van der Waals surface area contributed by atoms with Gasteiger partial charge in [-0.05, 0) is 48.5 Å². The van der Waals surface area contributed by atoms with E-state index in [0.29, 0.717) is 17.1 Å². The zero-order chi connectivity index (χ0) is 13.0. The highest BCUT2D eigenvalue weighted by Crippen LogP contribution is 2.22. The molecule has 0 heterocycles. The Bertz CT molecular complexity index is 604. The Kier molecular flexibility index (Phi) is 3.74. The molecule has 18 heavy (non-hydrogen) atoms.